The third-order valence-electron chi connectivity index (χ3n) is 4.67. The van der Waals surface area contributed by atoms with E-state index in [1.165, 1.54) is 0 Å². The molecule has 1 fully saturated rings. The molecule has 25 heavy (non-hydrogen) atoms. The summed E-state index contributed by atoms with van der Waals surface area (Å²) in [4.78, 5) is 15.5. The quantitative estimate of drug-likeness (QED) is 0.829. The molecule has 2 aliphatic heterocycles. The molecule has 0 saturated carbocycles. The van der Waals surface area contributed by atoms with Crippen molar-refractivity contribution in [1.29, 1.82) is 0 Å². The summed E-state index contributed by atoms with van der Waals surface area (Å²) in [5, 5.41) is 0. The smallest absolute Gasteiger partial charge is 0.302 e. The van der Waals surface area contributed by atoms with Gasteiger partial charge in [-0.25, -0.2) is 0 Å². The first-order valence-corrected chi connectivity index (χ1v) is 8.27. The molecule has 132 valence electrons. The van der Waals surface area contributed by atoms with E-state index in [9.17, 15) is 9.18 Å². The highest BCUT2D eigenvalue weighted by atomic mass is 19.1. The first-order valence-electron chi connectivity index (χ1n) is 8.27. The number of nitrogens with zero attached hydrogens (tertiary/aromatic N) is 2. The second-order valence-electron chi connectivity index (χ2n) is 6.39. The highest BCUT2D eigenvalue weighted by molar-refractivity contribution is 5.16. The topological polar surface area (TPSA) is 62.6 Å². The molecule has 0 radical (unpaired) electrons. The Kier molecular flexibility index (Phi) is 4.27. The third kappa shape index (κ3) is 2.94. The van der Waals surface area contributed by atoms with Crippen LogP contribution in [0.15, 0.2) is 41.3 Å². The molecule has 7 heteroatoms. The molecule has 6 nitrogen and oxygen atoms in total. The van der Waals surface area contributed by atoms with E-state index in [4.69, 9.17) is 14.2 Å². The predicted molar refractivity (Wildman–Crippen MR) is 87.1 cm³/mol. The molecule has 4 rings (SSSR count). The Balaban J connectivity index is 1.45. The molecule has 0 N–H and O–H groups in total. The fraction of sp³-hybridized carbons (Fsp3) is 0.444. The summed E-state index contributed by atoms with van der Waals surface area (Å²) in [7, 11) is 0. The lowest BCUT2D eigenvalue weighted by Crippen LogP contribution is -2.32. The third-order valence-corrected chi connectivity index (χ3v) is 4.67. The first-order chi connectivity index (χ1) is 12.2. The number of benzene rings is 1. The number of hydrogen-bond acceptors (Lipinski definition) is 5. The predicted octanol–water partition coefficient (Wildman–Crippen LogP) is 2.01. The Morgan fingerprint density at radius 2 is 2.12 bits per heavy atom. The molecule has 0 amide bonds. The van der Waals surface area contributed by atoms with Crippen LogP contribution in [0.2, 0.25) is 0 Å². The van der Waals surface area contributed by atoms with Gasteiger partial charge >= 0.3 is 6.01 Å². The van der Waals surface area contributed by atoms with E-state index in [0.717, 1.165) is 5.56 Å². The maximum atomic E-state index is 13.6. The van der Waals surface area contributed by atoms with Gasteiger partial charge in [0.15, 0.2) is 12.3 Å². The molecular formula is C18H19FN2O4. The van der Waals surface area contributed by atoms with Gasteiger partial charge in [0, 0.05) is 11.8 Å². The standard InChI is InChI=1S/C18H19FN2O4/c1-11-8-21-17-15(25-18(21)20-16(11)22)13(7-19)14(24-17)10-23-9-12-5-3-2-4-6-12/h2-6,8,13-15,17H,7,9-10H2,1H3/t13-,14-,15+,17-/m1/s1. The van der Waals surface area contributed by atoms with Crippen LogP contribution in [-0.2, 0) is 16.1 Å². The normalized spacial score (nSPS) is 27.0. The lowest BCUT2D eigenvalue weighted by Gasteiger charge is -2.19. The average molecular weight is 346 g/mol. The summed E-state index contributed by atoms with van der Waals surface area (Å²) >= 11 is 0. The number of aromatic nitrogens is 2. The van der Waals surface area contributed by atoms with E-state index in [0.29, 0.717) is 12.2 Å². The van der Waals surface area contributed by atoms with Crippen molar-refractivity contribution in [2.24, 2.45) is 5.92 Å². The van der Waals surface area contributed by atoms with Crippen LogP contribution >= 0.6 is 0 Å². The van der Waals surface area contributed by atoms with E-state index in [2.05, 4.69) is 4.98 Å². The van der Waals surface area contributed by atoms with Crippen molar-refractivity contribution in [2.45, 2.75) is 32.0 Å². The molecule has 1 aromatic heterocycles. The zero-order valence-electron chi connectivity index (χ0n) is 13.8. The van der Waals surface area contributed by atoms with Crippen molar-refractivity contribution in [3.05, 3.63) is 58.0 Å². The van der Waals surface area contributed by atoms with Crippen LogP contribution in [0.5, 0.6) is 6.01 Å². The van der Waals surface area contributed by atoms with E-state index >= 15 is 0 Å². The SMILES string of the molecule is Cc1cn2c(nc1=O)O[C@H]1[C@H](CF)[C@@H](COCc3ccccc3)O[C@H]12. The van der Waals surface area contributed by atoms with Crippen molar-refractivity contribution in [2.75, 3.05) is 13.3 Å². The van der Waals surface area contributed by atoms with Gasteiger partial charge in [-0.3, -0.25) is 13.8 Å². The average Bonchev–Trinajstić information content (AvgIpc) is 3.12. The minimum absolute atomic E-state index is 0.188. The number of ether oxygens (including phenoxy) is 3. The molecule has 2 aromatic rings. The van der Waals surface area contributed by atoms with Crippen molar-refractivity contribution in [3.8, 4) is 6.01 Å². The highest BCUT2D eigenvalue weighted by Gasteiger charge is 2.51. The summed E-state index contributed by atoms with van der Waals surface area (Å²) in [6, 6.07) is 9.97. The Morgan fingerprint density at radius 3 is 2.88 bits per heavy atom. The van der Waals surface area contributed by atoms with Gasteiger partial charge in [0.05, 0.1) is 31.9 Å². The van der Waals surface area contributed by atoms with Gasteiger partial charge in [0.1, 0.15) is 0 Å². The lowest BCUT2D eigenvalue weighted by atomic mass is 10.0. The second kappa shape index (κ2) is 6.57. The summed E-state index contributed by atoms with van der Waals surface area (Å²) in [6.45, 7) is 1.82. The van der Waals surface area contributed by atoms with Crippen LogP contribution in [0.4, 0.5) is 4.39 Å². The van der Waals surface area contributed by atoms with Crippen molar-refractivity contribution >= 4 is 0 Å². The zero-order chi connectivity index (χ0) is 17.4. The van der Waals surface area contributed by atoms with Crippen LogP contribution in [0.1, 0.15) is 17.4 Å². The largest absolute Gasteiger partial charge is 0.456 e. The van der Waals surface area contributed by atoms with Gasteiger partial charge in [-0.05, 0) is 12.5 Å². The van der Waals surface area contributed by atoms with Crippen LogP contribution in [0.25, 0.3) is 0 Å². The van der Waals surface area contributed by atoms with Crippen LogP contribution in [-0.4, -0.2) is 35.0 Å². The molecular weight excluding hydrogens is 327 g/mol. The molecule has 1 aromatic carbocycles. The second-order valence-corrected chi connectivity index (χ2v) is 6.39. The van der Waals surface area contributed by atoms with Gasteiger partial charge < -0.3 is 14.2 Å². The van der Waals surface area contributed by atoms with Gasteiger partial charge in [-0.1, -0.05) is 30.3 Å². The van der Waals surface area contributed by atoms with Gasteiger partial charge in [-0.2, -0.15) is 4.98 Å². The minimum Gasteiger partial charge on any atom is -0.456 e. The van der Waals surface area contributed by atoms with Gasteiger partial charge in [0.25, 0.3) is 5.56 Å². The Bertz CT molecular complexity index is 810. The molecule has 0 unspecified atom stereocenters. The number of alkyl halides is 1. The summed E-state index contributed by atoms with van der Waals surface area (Å²) in [6.07, 6.45) is 0.270. The molecule has 2 aliphatic rings. The first kappa shape index (κ1) is 16.2. The van der Waals surface area contributed by atoms with E-state index in [1.54, 1.807) is 17.7 Å². The zero-order valence-corrected chi connectivity index (χ0v) is 13.8. The fourth-order valence-corrected chi connectivity index (χ4v) is 3.31. The lowest BCUT2D eigenvalue weighted by molar-refractivity contribution is -0.0539. The monoisotopic (exact) mass is 346 g/mol. The number of hydrogen-bond donors (Lipinski definition) is 0. The van der Waals surface area contributed by atoms with Crippen LogP contribution in [0.3, 0.4) is 0 Å². The van der Waals surface area contributed by atoms with Crippen LogP contribution < -0.4 is 10.3 Å². The fourth-order valence-electron chi connectivity index (χ4n) is 3.31. The molecule has 1 saturated heterocycles. The van der Waals surface area contributed by atoms with Gasteiger partial charge in [-0.15, -0.1) is 0 Å². The molecule has 0 aliphatic carbocycles. The number of halogens is 1. The molecule has 0 bridgehead atoms. The Labute approximate surface area is 144 Å². The number of fused-ring (bicyclic) bond motifs is 3. The maximum Gasteiger partial charge on any atom is 0.302 e. The molecule has 3 heterocycles. The molecule has 4 atom stereocenters. The van der Waals surface area contributed by atoms with E-state index < -0.39 is 31.0 Å². The van der Waals surface area contributed by atoms with E-state index in [-0.39, 0.29) is 18.2 Å². The maximum absolute atomic E-state index is 13.6. The van der Waals surface area contributed by atoms with Crippen molar-refractivity contribution in [1.82, 2.24) is 9.55 Å². The summed E-state index contributed by atoms with van der Waals surface area (Å²) < 4.78 is 32.7. The minimum atomic E-state index is -0.585. The Hall–Kier alpha value is -2.25. The van der Waals surface area contributed by atoms with Gasteiger partial charge in [0.2, 0.25) is 0 Å². The van der Waals surface area contributed by atoms with E-state index in [1.807, 2.05) is 30.3 Å². The number of aryl methyl sites for hydroxylation is 1. The highest BCUT2D eigenvalue weighted by Crippen LogP contribution is 2.42. The number of rotatable bonds is 5. The van der Waals surface area contributed by atoms with Crippen molar-refractivity contribution < 1.29 is 18.6 Å². The van der Waals surface area contributed by atoms with Crippen molar-refractivity contribution in [3.63, 3.8) is 0 Å². The Morgan fingerprint density at radius 1 is 1.32 bits per heavy atom. The molecule has 0 spiro atoms. The summed E-state index contributed by atoms with van der Waals surface area (Å²) in [5.41, 5.74) is 1.21. The summed E-state index contributed by atoms with van der Waals surface area (Å²) in [5.74, 6) is -0.460. The van der Waals surface area contributed by atoms with Crippen LogP contribution in [0, 0.1) is 12.8 Å².